The molecule has 0 saturated carbocycles. The number of hydrogen-bond acceptors (Lipinski definition) is 5. The van der Waals surface area contributed by atoms with Crippen LogP contribution in [-0.4, -0.2) is 66.8 Å². The van der Waals surface area contributed by atoms with Crippen molar-refractivity contribution in [1.82, 2.24) is 9.80 Å². The van der Waals surface area contributed by atoms with Crippen LogP contribution >= 0.6 is 11.6 Å². The zero-order chi connectivity index (χ0) is 20.2. The van der Waals surface area contributed by atoms with Gasteiger partial charge in [-0.05, 0) is 33.8 Å². The molecule has 0 aliphatic carbocycles. The molecule has 0 bridgehead atoms. The van der Waals surface area contributed by atoms with Crippen LogP contribution in [0.2, 0.25) is 0 Å². The van der Waals surface area contributed by atoms with E-state index in [9.17, 15) is 4.79 Å². The van der Waals surface area contributed by atoms with E-state index in [1.165, 1.54) is 0 Å². The molecule has 1 amide bonds. The SMILES string of the molecule is COc1ccc(CN2C[C@@H](C)N(C(=O)OC(C)(C)C)C[C@@H]2CCl)c(OC)c1. The molecule has 2 atom stereocenters. The zero-order valence-corrected chi connectivity index (χ0v) is 17.9. The maximum absolute atomic E-state index is 12.5. The first-order chi connectivity index (χ1) is 12.7. The van der Waals surface area contributed by atoms with E-state index in [-0.39, 0.29) is 18.2 Å². The van der Waals surface area contributed by atoms with Crippen LogP contribution in [0.5, 0.6) is 11.5 Å². The van der Waals surface area contributed by atoms with Gasteiger partial charge in [0, 0.05) is 49.2 Å². The number of methoxy groups -OCH3 is 2. The molecule has 0 N–H and O–H groups in total. The van der Waals surface area contributed by atoms with Gasteiger partial charge in [-0.1, -0.05) is 6.07 Å². The van der Waals surface area contributed by atoms with E-state index >= 15 is 0 Å². The van der Waals surface area contributed by atoms with Crippen molar-refractivity contribution in [2.75, 3.05) is 33.2 Å². The number of carbonyl (C=O) groups excluding carboxylic acids is 1. The topological polar surface area (TPSA) is 51.2 Å². The van der Waals surface area contributed by atoms with Crippen LogP contribution in [0.15, 0.2) is 18.2 Å². The Balaban J connectivity index is 2.13. The zero-order valence-electron chi connectivity index (χ0n) is 17.1. The number of hydrogen-bond donors (Lipinski definition) is 0. The van der Waals surface area contributed by atoms with Gasteiger partial charge in [-0.15, -0.1) is 11.6 Å². The highest BCUT2D eigenvalue weighted by atomic mass is 35.5. The summed E-state index contributed by atoms with van der Waals surface area (Å²) in [5.41, 5.74) is 0.548. The summed E-state index contributed by atoms with van der Waals surface area (Å²) >= 11 is 6.24. The summed E-state index contributed by atoms with van der Waals surface area (Å²) in [6, 6.07) is 5.89. The molecule has 6 nitrogen and oxygen atoms in total. The van der Waals surface area contributed by atoms with Crippen molar-refractivity contribution >= 4 is 17.7 Å². The fraction of sp³-hybridized carbons (Fsp3) is 0.650. The van der Waals surface area contributed by atoms with Crippen molar-refractivity contribution in [2.45, 2.75) is 51.9 Å². The molecule has 0 aromatic heterocycles. The summed E-state index contributed by atoms with van der Waals surface area (Å²) in [6.07, 6.45) is -0.285. The van der Waals surface area contributed by atoms with Crippen LogP contribution < -0.4 is 9.47 Å². The summed E-state index contributed by atoms with van der Waals surface area (Å²) in [6.45, 7) is 9.61. The number of nitrogens with zero attached hydrogens (tertiary/aromatic N) is 2. The highest BCUT2D eigenvalue weighted by Gasteiger charge is 2.36. The number of rotatable bonds is 5. The van der Waals surface area contributed by atoms with Gasteiger partial charge in [0.15, 0.2) is 0 Å². The Hall–Kier alpha value is -1.66. The predicted octanol–water partition coefficient (Wildman–Crippen LogP) is 3.75. The highest BCUT2D eigenvalue weighted by molar-refractivity contribution is 6.18. The average molecular weight is 399 g/mol. The van der Waals surface area contributed by atoms with Crippen LogP contribution in [0.1, 0.15) is 33.3 Å². The Morgan fingerprint density at radius 2 is 1.93 bits per heavy atom. The highest BCUT2D eigenvalue weighted by Crippen LogP contribution is 2.28. The van der Waals surface area contributed by atoms with Gasteiger partial charge in [-0.2, -0.15) is 0 Å². The number of alkyl halides is 1. The standard InChI is InChI=1S/C20H31ClN2O4/c1-14-11-22(12-15-7-8-17(25-5)9-18(15)26-6)16(10-21)13-23(14)19(24)27-20(2,3)4/h7-9,14,16H,10-13H2,1-6H3/t14-,16+/m1/s1. The molecular weight excluding hydrogens is 368 g/mol. The van der Waals surface area contributed by atoms with Crippen molar-refractivity contribution in [3.63, 3.8) is 0 Å². The van der Waals surface area contributed by atoms with Gasteiger partial charge in [-0.3, -0.25) is 4.90 Å². The van der Waals surface area contributed by atoms with Gasteiger partial charge >= 0.3 is 6.09 Å². The largest absolute Gasteiger partial charge is 0.497 e. The van der Waals surface area contributed by atoms with Crippen molar-refractivity contribution in [3.05, 3.63) is 23.8 Å². The molecule has 27 heavy (non-hydrogen) atoms. The van der Waals surface area contributed by atoms with E-state index in [0.717, 1.165) is 17.1 Å². The number of piperazine rings is 1. The second kappa shape index (κ2) is 9.02. The monoisotopic (exact) mass is 398 g/mol. The maximum Gasteiger partial charge on any atom is 0.410 e. The first-order valence-corrected chi connectivity index (χ1v) is 9.72. The fourth-order valence-electron chi connectivity index (χ4n) is 3.23. The lowest BCUT2D eigenvalue weighted by atomic mass is 10.1. The summed E-state index contributed by atoms with van der Waals surface area (Å²) in [7, 11) is 3.29. The second-order valence-corrected chi connectivity index (χ2v) is 8.21. The third kappa shape index (κ3) is 5.66. The number of halogens is 1. The fourth-order valence-corrected chi connectivity index (χ4v) is 3.52. The molecule has 1 saturated heterocycles. The molecule has 0 radical (unpaired) electrons. The van der Waals surface area contributed by atoms with E-state index in [2.05, 4.69) is 4.90 Å². The first-order valence-electron chi connectivity index (χ1n) is 9.19. The van der Waals surface area contributed by atoms with Gasteiger partial charge < -0.3 is 19.1 Å². The van der Waals surface area contributed by atoms with E-state index in [1.54, 1.807) is 19.1 Å². The van der Waals surface area contributed by atoms with Crippen LogP contribution in [0.25, 0.3) is 0 Å². The molecule has 1 aromatic rings. The van der Waals surface area contributed by atoms with Crippen molar-refractivity contribution < 1.29 is 19.0 Å². The smallest absolute Gasteiger partial charge is 0.410 e. The molecule has 152 valence electrons. The molecule has 0 spiro atoms. The molecule has 1 heterocycles. The third-order valence-electron chi connectivity index (χ3n) is 4.63. The van der Waals surface area contributed by atoms with Crippen LogP contribution in [-0.2, 0) is 11.3 Å². The summed E-state index contributed by atoms with van der Waals surface area (Å²) in [5.74, 6) is 1.97. The lowest BCUT2D eigenvalue weighted by Crippen LogP contribution is -2.59. The molecule has 7 heteroatoms. The second-order valence-electron chi connectivity index (χ2n) is 7.90. The Kier molecular flexibility index (Phi) is 7.23. The lowest BCUT2D eigenvalue weighted by Gasteiger charge is -2.44. The molecule has 1 fully saturated rings. The van der Waals surface area contributed by atoms with Crippen molar-refractivity contribution in [1.29, 1.82) is 0 Å². The van der Waals surface area contributed by atoms with Crippen LogP contribution in [0.4, 0.5) is 4.79 Å². The Labute approximate surface area is 167 Å². The van der Waals surface area contributed by atoms with E-state index in [0.29, 0.717) is 25.5 Å². The lowest BCUT2D eigenvalue weighted by molar-refractivity contribution is -0.0113. The molecule has 0 unspecified atom stereocenters. The third-order valence-corrected chi connectivity index (χ3v) is 4.98. The normalized spacial score (nSPS) is 21.1. The number of benzene rings is 1. The first kappa shape index (κ1) is 21.6. The molecule has 1 aliphatic rings. The molecule has 1 aromatic carbocycles. The predicted molar refractivity (Wildman–Crippen MR) is 107 cm³/mol. The van der Waals surface area contributed by atoms with E-state index in [4.69, 9.17) is 25.8 Å². The van der Waals surface area contributed by atoms with Crippen LogP contribution in [0, 0.1) is 0 Å². The van der Waals surface area contributed by atoms with Gasteiger partial charge in [0.25, 0.3) is 0 Å². The van der Waals surface area contributed by atoms with E-state index in [1.807, 2.05) is 45.9 Å². The average Bonchev–Trinajstić information content (AvgIpc) is 2.60. The Morgan fingerprint density at radius 1 is 1.22 bits per heavy atom. The molecule has 1 aliphatic heterocycles. The van der Waals surface area contributed by atoms with Crippen LogP contribution in [0.3, 0.4) is 0 Å². The summed E-state index contributed by atoms with van der Waals surface area (Å²) in [4.78, 5) is 16.6. The summed E-state index contributed by atoms with van der Waals surface area (Å²) < 4.78 is 16.3. The van der Waals surface area contributed by atoms with Gasteiger partial charge in [-0.25, -0.2) is 4.79 Å². The minimum atomic E-state index is -0.513. The van der Waals surface area contributed by atoms with Gasteiger partial charge in [0.1, 0.15) is 17.1 Å². The Bertz CT molecular complexity index is 647. The van der Waals surface area contributed by atoms with Crippen molar-refractivity contribution in [2.24, 2.45) is 0 Å². The minimum absolute atomic E-state index is 0.0311. The van der Waals surface area contributed by atoms with Crippen molar-refractivity contribution in [3.8, 4) is 11.5 Å². The quantitative estimate of drug-likeness (QED) is 0.707. The number of ether oxygens (including phenoxy) is 3. The van der Waals surface area contributed by atoms with Gasteiger partial charge in [0.2, 0.25) is 0 Å². The molecule has 2 rings (SSSR count). The number of amides is 1. The van der Waals surface area contributed by atoms with Gasteiger partial charge in [0.05, 0.1) is 14.2 Å². The summed E-state index contributed by atoms with van der Waals surface area (Å²) in [5, 5.41) is 0. The number of carbonyl (C=O) groups is 1. The van der Waals surface area contributed by atoms with E-state index < -0.39 is 5.60 Å². The Morgan fingerprint density at radius 3 is 2.48 bits per heavy atom. The molecular formula is C20H31ClN2O4. The maximum atomic E-state index is 12.5. The minimum Gasteiger partial charge on any atom is -0.497 e.